The third-order valence-corrected chi connectivity index (χ3v) is 4.37. The standard InChI is InChI=1S/C19H23N3O4/c23-19(24)14-26-18-5-1-15(2-6-18)12-22-9-10-25-13-17(22)4-3-16-11-20-7-8-21-16/h1-2,5-8,11,17H,3-4,9-10,12-14H2,(H,23,24)/t17-/m0/s1. The molecule has 138 valence electrons. The highest BCUT2D eigenvalue weighted by Gasteiger charge is 2.23. The molecule has 2 heterocycles. The Bertz CT molecular complexity index is 694. The van der Waals surface area contributed by atoms with Crippen molar-refractivity contribution in [1.82, 2.24) is 14.9 Å². The van der Waals surface area contributed by atoms with E-state index in [0.717, 1.165) is 44.8 Å². The molecule has 26 heavy (non-hydrogen) atoms. The van der Waals surface area contributed by atoms with Crippen LogP contribution in [0.4, 0.5) is 0 Å². The number of rotatable bonds is 8. The van der Waals surface area contributed by atoms with E-state index in [1.54, 1.807) is 12.4 Å². The quantitative estimate of drug-likeness (QED) is 0.771. The number of nitrogens with zero attached hydrogens (tertiary/aromatic N) is 3. The molecule has 0 bridgehead atoms. The van der Waals surface area contributed by atoms with E-state index in [-0.39, 0.29) is 6.61 Å². The molecular weight excluding hydrogens is 334 g/mol. The SMILES string of the molecule is O=C(O)COc1ccc(CN2CCOC[C@@H]2CCc2cnccn2)cc1. The first-order valence-electron chi connectivity index (χ1n) is 8.71. The first kappa shape index (κ1) is 18.3. The predicted octanol–water partition coefficient (Wildman–Crippen LogP) is 1.77. The number of aliphatic carboxylic acids is 1. The monoisotopic (exact) mass is 357 g/mol. The van der Waals surface area contributed by atoms with Gasteiger partial charge < -0.3 is 14.6 Å². The number of ether oxygens (including phenoxy) is 2. The van der Waals surface area contributed by atoms with Crippen molar-refractivity contribution in [2.75, 3.05) is 26.4 Å². The number of hydrogen-bond donors (Lipinski definition) is 1. The molecule has 2 aromatic rings. The van der Waals surface area contributed by atoms with Gasteiger partial charge in [-0.05, 0) is 30.5 Å². The summed E-state index contributed by atoms with van der Waals surface area (Å²) in [7, 11) is 0. The van der Waals surface area contributed by atoms with Crippen LogP contribution >= 0.6 is 0 Å². The van der Waals surface area contributed by atoms with Gasteiger partial charge >= 0.3 is 5.97 Å². The summed E-state index contributed by atoms with van der Waals surface area (Å²) < 4.78 is 10.8. The van der Waals surface area contributed by atoms with Crippen LogP contribution in [-0.2, 0) is 22.5 Å². The maximum Gasteiger partial charge on any atom is 0.341 e. The summed E-state index contributed by atoms with van der Waals surface area (Å²) in [6.45, 7) is 2.85. The van der Waals surface area contributed by atoms with Crippen LogP contribution in [0.5, 0.6) is 5.75 Å². The zero-order chi connectivity index (χ0) is 18.2. The van der Waals surface area contributed by atoms with E-state index in [4.69, 9.17) is 14.6 Å². The van der Waals surface area contributed by atoms with Crippen molar-refractivity contribution in [2.45, 2.75) is 25.4 Å². The molecule has 0 aliphatic carbocycles. The van der Waals surface area contributed by atoms with Crippen molar-refractivity contribution < 1.29 is 19.4 Å². The fourth-order valence-corrected chi connectivity index (χ4v) is 3.01. The maximum atomic E-state index is 10.6. The predicted molar refractivity (Wildman–Crippen MR) is 94.9 cm³/mol. The number of carbonyl (C=O) groups is 1. The molecule has 0 amide bonds. The van der Waals surface area contributed by atoms with Gasteiger partial charge in [-0.3, -0.25) is 14.9 Å². The van der Waals surface area contributed by atoms with E-state index < -0.39 is 5.97 Å². The molecule has 3 rings (SSSR count). The van der Waals surface area contributed by atoms with Crippen molar-refractivity contribution in [3.63, 3.8) is 0 Å². The summed E-state index contributed by atoms with van der Waals surface area (Å²) in [5.41, 5.74) is 2.16. The molecule has 1 saturated heterocycles. The van der Waals surface area contributed by atoms with Gasteiger partial charge in [-0.15, -0.1) is 0 Å². The zero-order valence-corrected chi connectivity index (χ0v) is 14.6. The number of carboxylic acid groups (broad SMARTS) is 1. The lowest BCUT2D eigenvalue weighted by molar-refractivity contribution is -0.139. The van der Waals surface area contributed by atoms with Crippen LogP contribution in [0.2, 0.25) is 0 Å². The molecule has 1 aromatic carbocycles. The minimum Gasteiger partial charge on any atom is -0.482 e. The van der Waals surface area contributed by atoms with E-state index in [9.17, 15) is 4.79 Å². The maximum absolute atomic E-state index is 10.6. The van der Waals surface area contributed by atoms with Crippen LogP contribution in [0.25, 0.3) is 0 Å². The molecule has 1 aromatic heterocycles. The Balaban J connectivity index is 1.55. The normalized spacial score (nSPS) is 17.8. The Kier molecular flexibility index (Phi) is 6.51. The molecule has 1 aliphatic heterocycles. The van der Waals surface area contributed by atoms with Gasteiger partial charge in [0.1, 0.15) is 5.75 Å². The number of hydrogen-bond acceptors (Lipinski definition) is 6. The molecule has 1 fully saturated rings. The lowest BCUT2D eigenvalue weighted by Gasteiger charge is -2.35. The number of benzene rings is 1. The highest BCUT2D eigenvalue weighted by atomic mass is 16.5. The third-order valence-electron chi connectivity index (χ3n) is 4.37. The van der Waals surface area contributed by atoms with E-state index in [0.29, 0.717) is 11.8 Å². The van der Waals surface area contributed by atoms with Gasteiger partial charge in [0.2, 0.25) is 0 Å². The van der Waals surface area contributed by atoms with E-state index in [1.807, 2.05) is 30.5 Å². The van der Waals surface area contributed by atoms with Crippen molar-refractivity contribution in [3.8, 4) is 5.75 Å². The summed E-state index contributed by atoms with van der Waals surface area (Å²) in [6.07, 6.45) is 7.06. The van der Waals surface area contributed by atoms with Gasteiger partial charge in [-0.2, -0.15) is 0 Å². The largest absolute Gasteiger partial charge is 0.482 e. The Labute approximate surface area is 152 Å². The second-order valence-electron chi connectivity index (χ2n) is 6.26. The van der Waals surface area contributed by atoms with Crippen LogP contribution < -0.4 is 4.74 Å². The summed E-state index contributed by atoms with van der Waals surface area (Å²) in [6, 6.07) is 7.92. The molecule has 1 atom stereocenters. The number of aryl methyl sites for hydroxylation is 1. The smallest absolute Gasteiger partial charge is 0.341 e. The molecule has 0 radical (unpaired) electrons. The summed E-state index contributed by atoms with van der Waals surface area (Å²) in [5.74, 6) is -0.411. The van der Waals surface area contributed by atoms with Gasteiger partial charge in [-0.1, -0.05) is 12.1 Å². The Morgan fingerprint density at radius 2 is 2.15 bits per heavy atom. The third kappa shape index (κ3) is 5.50. The van der Waals surface area contributed by atoms with Crippen LogP contribution in [0.3, 0.4) is 0 Å². The lowest BCUT2D eigenvalue weighted by Crippen LogP contribution is -2.45. The fourth-order valence-electron chi connectivity index (χ4n) is 3.01. The fraction of sp³-hybridized carbons (Fsp3) is 0.421. The van der Waals surface area contributed by atoms with Gasteiger partial charge in [0.25, 0.3) is 0 Å². The molecule has 7 nitrogen and oxygen atoms in total. The average Bonchev–Trinajstić information content (AvgIpc) is 2.67. The summed E-state index contributed by atoms with van der Waals surface area (Å²) in [4.78, 5) is 21.4. The highest BCUT2D eigenvalue weighted by molar-refractivity contribution is 5.68. The Morgan fingerprint density at radius 1 is 1.31 bits per heavy atom. The second-order valence-corrected chi connectivity index (χ2v) is 6.26. The lowest BCUT2D eigenvalue weighted by atomic mass is 10.1. The van der Waals surface area contributed by atoms with Crippen molar-refractivity contribution in [2.24, 2.45) is 0 Å². The first-order valence-corrected chi connectivity index (χ1v) is 8.71. The van der Waals surface area contributed by atoms with Crippen molar-refractivity contribution in [3.05, 3.63) is 54.1 Å². The van der Waals surface area contributed by atoms with Crippen LogP contribution in [-0.4, -0.2) is 58.4 Å². The number of carboxylic acids is 1. The van der Waals surface area contributed by atoms with Crippen molar-refractivity contribution in [1.29, 1.82) is 0 Å². The first-order chi connectivity index (χ1) is 12.7. The van der Waals surface area contributed by atoms with E-state index in [2.05, 4.69) is 14.9 Å². The molecule has 7 heteroatoms. The molecule has 1 N–H and O–H groups in total. The van der Waals surface area contributed by atoms with E-state index in [1.165, 1.54) is 5.56 Å². The Hall–Kier alpha value is -2.51. The van der Waals surface area contributed by atoms with Gasteiger partial charge in [-0.25, -0.2) is 4.79 Å². The van der Waals surface area contributed by atoms with E-state index >= 15 is 0 Å². The summed E-state index contributed by atoms with van der Waals surface area (Å²) in [5, 5.41) is 8.66. The molecule has 1 aliphatic rings. The second kappa shape index (κ2) is 9.26. The Morgan fingerprint density at radius 3 is 2.88 bits per heavy atom. The molecule has 0 saturated carbocycles. The topological polar surface area (TPSA) is 84.8 Å². The number of aromatic nitrogens is 2. The van der Waals surface area contributed by atoms with Gasteiger partial charge in [0, 0.05) is 37.7 Å². The van der Waals surface area contributed by atoms with Crippen molar-refractivity contribution >= 4 is 5.97 Å². The minimum absolute atomic E-state index is 0.326. The summed E-state index contributed by atoms with van der Waals surface area (Å²) >= 11 is 0. The average molecular weight is 357 g/mol. The van der Waals surface area contributed by atoms with Gasteiger partial charge in [0.05, 0.1) is 18.9 Å². The molecule has 0 unspecified atom stereocenters. The van der Waals surface area contributed by atoms with Gasteiger partial charge in [0.15, 0.2) is 6.61 Å². The van der Waals surface area contributed by atoms with Crippen LogP contribution in [0, 0.1) is 0 Å². The minimum atomic E-state index is -0.978. The number of morpholine rings is 1. The van der Waals surface area contributed by atoms with Crippen LogP contribution in [0.15, 0.2) is 42.9 Å². The van der Waals surface area contributed by atoms with Crippen LogP contribution in [0.1, 0.15) is 17.7 Å². The highest BCUT2D eigenvalue weighted by Crippen LogP contribution is 2.18. The zero-order valence-electron chi connectivity index (χ0n) is 14.6. The molecular formula is C19H23N3O4. The molecule has 0 spiro atoms.